The van der Waals surface area contributed by atoms with Gasteiger partial charge in [0.05, 0.1) is 12.9 Å². The van der Waals surface area contributed by atoms with E-state index in [1.807, 2.05) is 0 Å². The molecule has 2 aromatic heterocycles. The average molecular weight is 211 g/mol. The van der Waals surface area contributed by atoms with E-state index in [4.69, 9.17) is 10.8 Å². The number of nitrogens with two attached hydrogens (primary N) is 1. The molecule has 2 rings (SSSR count). The van der Waals surface area contributed by atoms with Crippen LogP contribution in [0.25, 0.3) is 11.2 Å². The van der Waals surface area contributed by atoms with Gasteiger partial charge in [0.25, 0.3) is 5.56 Å². The average Bonchev–Trinajstić information content (AvgIpc) is 2.46. The van der Waals surface area contributed by atoms with Crippen molar-refractivity contribution in [3.63, 3.8) is 0 Å². The molecule has 15 heavy (non-hydrogen) atoms. The molecule has 0 bridgehead atoms. The Morgan fingerprint density at radius 1 is 1.53 bits per heavy atom. The third kappa shape index (κ3) is 1.67. The second-order valence-electron chi connectivity index (χ2n) is 3.07. The molecule has 80 valence electrons. The van der Waals surface area contributed by atoms with Gasteiger partial charge in [-0.25, -0.2) is 9.78 Å². The SMILES string of the molecule is NC(O)Cn1cnc2[nH]c(=O)[nH]c(=O)c21. The van der Waals surface area contributed by atoms with Gasteiger partial charge in [0, 0.05) is 0 Å². The highest BCUT2D eigenvalue weighted by Gasteiger charge is 2.09. The minimum Gasteiger partial charge on any atom is -0.377 e. The van der Waals surface area contributed by atoms with Crippen LogP contribution in [0.1, 0.15) is 0 Å². The molecule has 0 amide bonds. The number of nitrogens with zero attached hydrogens (tertiary/aromatic N) is 2. The lowest BCUT2D eigenvalue weighted by Crippen LogP contribution is -2.28. The van der Waals surface area contributed by atoms with Crippen LogP contribution < -0.4 is 17.0 Å². The molecule has 1 unspecified atom stereocenters. The fraction of sp³-hybridized carbons (Fsp3) is 0.286. The highest BCUT2D eigenvalue weighted by molar-refractivity contribution is 5.68. The quantitative estimate of drug-likeness (QED) is 0.415. The van der Waals surface area contributed by atoms with Gasteiger partial charge in [0.1, 0.15) is 6.23 Å². The number of fused-ring (bicyclic) bond motifs is 1. The number of aliphatic hydroxyl groups excluding tert-OH is 1. The molecule has 5 N–H and O–H groups in total. The zero-order chi connectivity index (χ0) is 11.0. The Labute approximate surface area is 82.4 Å². The molecule has 0 saturated heterocycles. The van der Waals surface area contributed by atoms with Crippen molar-refractivity contribution in [2.45, 2.75) is 12.8 Å². The molecule has 0 fully saturated rings. The molecule has 8 nitrogen and oxygen atoms in total. The predicted molar refractivity (Wildman–Crippen MR) is 51.2 cm³/mol. The van der Waals surface area contributed by atoms with E-state index in [0.29, 0.717) is 0 Å². The highest BCUT2D eigenvalue weighted by atomic mass is 16.3. The molecule has 0 spiro atoms. The standard InChI is InChI=1S/C7H9N5O3/c8-3(13)1-12-2-9-5-4(12)6(14)11-7(15)10-5/h2-3,13H,1,8H2,(H2,10,11,14,15). The molecule has 0 aromatic carbocycles. The number of aromatic nitrogens is 4. The van der Waals surface area contributed by atoms with E-state index in [2.05, 4.69) is 15.0 Å². The molecule has 2 heterocycles. The van der Waals surface area contributed by atoms with E-state index in [1.165, 1.54) is 10.9 Å². The van der Waals surface area contributed by atoms with Gasteiger partial charge in [-0.1, -0.05) is 0 Å². The van der Waals surface area contributed by atoms with Crippen molar-refractivity contribution in [2.75, 3.05) is 0 Å². The van der Waals surface area contributed by atoms with Crippen LogP contribution in [0.3, 0.4) is 0 Å². The fourth-order valence-corrected chi connectivity index (χ4v) is 1.35. The second kappa shape index (κ2) is 3.33. The lowest BCUT2D eigenvalue weighted by molar-refractivity contribution is 0.162. The number of aromatic amines is 2. The van der Waals surface area contributed by atoms with Gasteiger partial charge in [-0.2, -0.15) is 0 Å². The third-order valence-electron chi connectivity index (χ3n) is 1.90. The molecule has 0 radical (unpaired) electrons. The molecule has 1 atom stereocenters. The Hall–Kier alpha value is -1.93. The Morgan fingerprint density at radius 3 is 2.93 bits per heavy atom. The predicted octanol–water partition coefficient (Wildman–Crippen LogP) is -2.31. The minimum absolute atomic E-state index is 0.0334. The molecule has 0 aliphatic carbocycles. The van der Waals surface area contributed by atoms with Crippen LogP contribution in [0.15, 0.2) is 15.9 Å². The number of H-pyrrole nitrogens is 2. The van der Waals surface area contributed by atoms with E-state index in [0.717, 1.165) is 0 Å². The lowest BCUT2D eigenvalue weighted by atomic mass is 10.5. The van der Waals surface area contributed by atoms with E-state index < -0.39 is 17.5 Å². The van der Waals surface area contributed by atoms with Crippen LogP contribution in [-0.2, 0) is 6.54 Å². The number of imidazole rings is 1. The Balaban J connectivity index is 2.69. The van der Waals surface area contributed by atoms with Crippen LogP contribution in [0.5, 0.6) is 0 Å². The van der Waals surface area contributed by atoms with Gasteiger partial charge >= 0.3 is 5.69 Å². The largest absolute Gasteiger partial charge is 0.377 e. The number of hydrogen-bond acceptors (Lipinski definition) is 5. The van der Waals surface area contributed by atoms with Gasteiger partial charge in [0.2, 0.25) is 0 Å². The number of nitrogens with one attached hydrogen (secondary N) is 2. The zero-order valence-corrected chi connectivity index (χ0v) is 7.60. The summed E-state index contributed by atoms with van der Waals surface area (Å²) in [6.45, 7) is 0.0334. The second-order valence-corrected chi connectivity index (χ2v) is 3.07. The van der Waals surface area contributed by atoms with Crippen LogP contribution in [0, 0.1) is 0 Å². The van der Waals surface area contributed by atoms with Crippen molar-refractivity contribution >= 4 is 11.2 Å². The Kier molecular flexibility index (Phi) is 2.14. The van der Waals surface area contributed by atoms with E-state index in [9.17, 15) is 9.59 Å². The summed E-state index contributed by atoms with van der Waals surface area (Å²) < 4.78 is 1.37. The van der Waals surface area contributed by atoms with Gasteiger partial charge in [-0.05, 0) is 0 Å². The monoisotopic (exact) mass is 211 g/mol. The van der Waals surface area contributed by atoms with Crippen molar-refractivity contribution in [1.29, 1.82) is 0 Å². The summed E-state index contributed by atoms with van der Waals surface area (Å²) in [6, 6.07) is 0. The molecular weight excluding hydrogens is 202 g/mol. The van der Waals surface area contributed by atoms with Crippen LogP contribution in [0.2, 0.25) is 0 Å². The van der Waals surface area contributed by atoms with Crippen molar-refractivity contribution in [3.8, 4) is 0 Å². The first-order chi connectivity index (χ1) is 7.08. The number of aliphatic hydroxyl groups is 1. The van der Waals surface area contributed by atoms with E-state index >= 15 is 0 Å². The van der Waals surface area contributed by atoms with Crippen molar-refractivity contribution in [3.05, 3.63) is 27.2 Å². The summed E-state index contributed by atoms with van der Waals surface area (Å²) in [5, 5.41) is 8.97. The molecule has 0 aliphatic heterocycles. The normalized spacial score (nSPS) is 13.2. The maximum absolute atomic E-state index is 11.4. The summed E-state index contributed by atoms with van der Waals surface area (Å²) in [4.78, 5) is 30.5. The number of rotatable bonds is 2. The molecule has 0 saturated carbocycles. The molecular formula is C7H9N5O3. The maximum atomic E-state index is 11.4. The summed E-state index contributed by atoms with van der Waals surface area (Å²) in [7, 11) is 0. The first kappa shape index (κ1) is 9.62. The van der Waals surface area contributed by atoms with Gasteiger partial charge in [0.15, 0.2) is 11.2 Å². The zero-order valence-electron chi connectivity index (χ0n) is 7.60. The third-order valence-corrected chi connectivity index (χ3v) is 1.90. The van der Waals surface area contributed by atoms with Crippen LogP contribution in [0.4, 0.5) is 0 Å². The van der Waals surface area contributed by atoms with Crippen molar-refractivity contribution < 1.29 is 5.11 Å². The van der Waals surface area contributed by atoms with Crippen molar-refractivity contribution in [1.82, 2.24) is 19.5 Å². The fourth-order valence-electron chi connectivity index (χ4n) is 1.35. The maximum Gasteiger partial charge on any atom is 0.327 e. The van der Waals surface area contributed by atoms with Crippen LogP contribution in [-0.4, -0.2) is 30.9 Å². The number of hydrogen-bond donors (Lipinski definition) is 4. The van der Waals surface area contributed by atoms with Gasteiger partial charge < -0.3 is 15.4 Å². The van der Waals surface area contributed by atoms with Crippen LogP contribution >= 0.6 is 0 Å². The van der Waals surface area contributed by atoms with Gasteiger partial charge in [-0.15, -0.1) is 0 Å². The first-order valence-corrected chi connectivity index (χ1v) is 4.19. The van der Waals surface area contributed by atoms with Crippen molar-refractivity contribution in [2.24, 2.45) is 5.73 Å². The summed E-state index contributed by atoms with van der Waals surface area (Å²) in [5.74, 6) is 0. The Morgan fingerprint density at radius 2 is 2.27 bits per heavy atom. The van der Waals surface area contributed by atoms with E-state index in [1.54, 1.807) is 0 Å². The smallest absolute Gasteiger partial charge is 0.327 e. The molecule has 0 aliphatic rings. The highest BCUT2D eigenvalue weighted by Crippen LogP contribution is 2.02. The lowest BCUT2D eigenvalue weighted by Gasteiger charge is -2.04. The van der Waals surface area contributed by atoms with Gasteiger partial charge in [-0.3, -0.25) is 14.8 Å². The summed E-state index contributed by atoms with van der Waals surface area (Å²) >= 11 is 0. The van der Waals surface area contributed by atoms with E-state index in [-0.39, 0.29) is 17.7 Å². The first-order valence-electron chi connectivity index (χ1n) is 4.19. The summed E-state index contributed by atoms with van der Waals surface area (Å²) in [5.41, 5.74) is 4.35. The Bertz CT molecular complexity index is 592. The topological polar surface area (TPSA) is 130 Å². The minimum atomic E-state index is -1.09. The molecule has 8 heteroatoms. The summed E-state index contributed by atoms with van der Waals surface area (Å²) in [6.07, 6.45) is 0.236. The molecule has 2 aromatic rings.